The van der Waals surface area contributed by atoms with Crippen LogP contribution in [0.1, 0.15) is 0 Å². The van der Waals surface area contributed by atoms with E-state index in [0.29, 0.717) is 40.4 Å². The van der Waals surface area contributed by atoms with Gasteiger partial charge in [-0.15, -0.1) is 0 Å². The lowest BCUT2D eigenvalue weighted by atomic mass is 10.3. The predicted octanol–water partition coefficient (Wildman–Crippen LogP) is 4.20. The van der Waals surface area contributed by atoms with E-state index in [1.165, 1.54) is 0 Å². The Morgan fingerprint density at radius 1 is 1.13 bits per heavy atom. The molecule has 0 unspecified atom stereocenters. The molecule has 0 aliphatic carbocycles. The molecule has 0 fully saturated rings. The number of amides is 2. The lowest BCUT2D eigenvalue weighted by Gasteiger charge is -2.11. The van der Waals surface area contributed by atoms with Crippen molar-refractivity contribution < 1.29 is 14.3 Å². The Kier molecular flexibility index (Phi) is 6.38. The van der Waals surface area contributed by atoms with Gasteiger partial charge in [0.05, 0.1) is 29.4 Å². The second kappa shape index (κ2) is 8.50. The number of urea groups is 1. The SMILES string of the molecule is COc1cccc(OCCNC(=O)Nc2cccc(Cl)c2Cl)c1. The molecule has 0 spiro atoms. The summed E-state index contributed by atoms with van der Waals surface area (Å²) in [5.74, 6) is 1.38. The molecule has 0 radical (unpaired) electrons. The normalized spacial score (nSPS) is 10.0. The second-order valence-corrected chi connectivity index (χ2v) is 5.29. The molecule has 0 atom stereocenters. The molecular weight excluding hydrogens is 339 g/mol. The van der Waals surface area contributed by atoms with Gasteiger partial charge >= 0.3 is 6.03 Å². The largest absolute Gasteiger partial charge is 0.497 e. The summed E-state index contributed by atoms with van der Waals surface area (Å²) in [4.78, 5) is 11.8. The molecule has 0 aliphatic heterocycles. The molecule has 5 nitrogen and oxygen atoms in total. The van der Waals surface area contributed by atoms with Gasteiger partial charge in [0.2, 0.25) is 0 Å². The number of carbonyl (C=O) groups is 1. The van der Waals surface area contributed by atoms with Crippen LogP contribution in [-0.2, 0) is 0 Å². The van der Waals surface area contributed by atoms with Crippen LogP contribution in [-0.4, -0.2) is 26.3 Å². The minimum Gasteiger partial charge on any atom is -0.497 e. The zero-order chi connectivity index (χ0) is 16.7. The summed E-state index contributed by atoms with van der Waals surface area (Å²) < 4.78 is 10.6. The Hall–Kier alpha value is -2.11. The van der Waals surface area contributed by atoms with E-state index in [4.69, 9.17) is 32.7 Å². The van der Waals surface area contributed by atoms with Crippen LogP contribution in [0.15, 0.2) is 42.5 Å². The van der Waals surface area contributed by atoms with Crippen molar-refractivity contribution in [2.75, 3.05) is 25.6 Å². The van der Waals surface area contributed by atoms with Crippen LogP contribution in [0.2, 0.25) is 10.0 Å². The first-order valence-electron chi connectivity index (χ1n) is 6.86. The van der Waals surface area contributed by atoms with Gasteiger partial charge in [0.15, 0.2) is 0 Å². The number of anilines is 1. The number of carbonyl (C=O) groups excluding carboxylic acids is 1. The summed E-state index contributed by atoms with van der Waals surface area (Å²) >= 11 is 11.9. The van der Waals surface area contributed by atoms with Crippen molar-refractivity contribution in [2.45, 2.75) is 0 Å². The third-order valence-corrected chi connectivity index (χ3v) is 3.72. The predicted molar refractivity (Wildman–Crippen MR) is 92.0 cm³/mol. The van der Waals surface area contributed by atoms with Gasteiger partial charge in [-0.1, -0.05) is 35.3 Å². The molecule has 122 valence electrons. The van der Waals surface area contributed by atoms with E-state index in [1.54, 1.807) is 31.4 Å². The van der Waals surface area contributed by atoms with Gasteiger partial charge in [-0.25, -0.2) is 4.79 Å². The first kappa shape index (κ1) is 17.2. The maximum absolute atomic E-state index is 11.8. The summed E-state index contributed by atoms with van der Waals surface area (Å²) in [5, 5.41) is 5.98. The topological polar surface area (TPSA) is 59.6 Å². The Morgan fingerprint density at radius 3 is 2.65 bits per heavy atom. The fourth-order valence-corrected chi connectivity index (χ4v) is 2.14. The number of hydrogen-bond acceptors (Lipinski definition) is 3. The number of benzene rings is 2. The van der Waals surface area contributed by atoms with Gasteiger partial charge in [0.1, 0.15) is 18.1 Å². The monoisotopic (exact) mass is 354 g/mol. The van der Waals surface area contributed by atoms with E-state index in [0.717, 1.165) is 0 Å². The van der Waals surface area contributed by atoms with Crippen LogP contribution in [0.4, 0.5) is 10.5 Å². The molecule has 0 heterocycles. The lowest BCUT2D eigenvalue weighted by molar-refractivity contribution is 0.247. The third-order valence-electron chi connectivity index (χ3n) is 2.90. The van der Waals surface area contributed by atoms with Gasteiger partial charge in [-0.2, -0.15) is 0 Å². The molecule has 2 amide bonds. The maximum Gasteiger partial charge on any atom is 0.319 e. The van der Waals surface area contributed by atoms with Crippen molar-refractivity contribution in [3.63, 3.8) is 0 Å². The van der Waals surface area contributed by atoms with Gasteiger partial charge in [0, 0.05) is 6.07 Å². The summed E-state index contributed by atoms with van der Waals surface area (Å²) in [6.07, 6.45) is 0. The fourth-order valence-electron chi connectivity index (χ4n) is 1.79. The first-order chi connectivity index (χ1) is 11.1. The Balaban J connectivity index is 1.75. The standard InChI is InChI=1S/C16H16Cl2N2O3/c1-22-11-4-2-5-12(10-11)23-9-8-19-16(21)20-14-7-3-6-13(17)15(14)18/h2-7,10H,8-9H2,1H3,(H2,19,20,21). The number of halogens is 2. The molecule has 2 N–H and O–H groups in total. The van der Waals surface area contributed by atoms with Crippen molar-refractivity contribution in [3.05, 3.63) is 52.5 Å². The average molecular weight is 355 g/mol. The first-order valence-corrected chi connectivity index (χ1v) is 7.61. The summed E-state index contributed by atoms with van der Waals surface area (Å²) in [5.41, 5.74) is 0.449. The molecule has 0 aromatic heterocycles. The summed E-state index contributed by atoms with van der Waals surface area (Å²) in [7, 11) is 1.59. The van der Waals surface area contributed by atoms with Gasteiger partial charge < -0.3 is 20.1 Å². The number of ether oxygens (including phenoxy) is 2. The van der Waals surface area contributed by atoms with E-state index >= 15 is 0 Å². The van der Waals surface area contributed by atoms with Crippen molar-refractivity contribution >= 4 is 34.9 Å². The molecule has 0 saturated carbocycles. The number of nitrogens with one attached hydrogen (secondary N) is 2. The second-order valence-electron chi connectivity index (χ2n) is 4.51. The fraction of sp³-hybridized carbons (Fsp3) is 0.188. The highest BCUT2D eigenvalue weighted by Gasteiger charge is 2.07. The van der Waals surface area contributed by atoms with Gasteiger partial charge in [-0.05, 0) is 24.3 Å². The van der Waals surface area contributed by atoms with E-state index in [1.807, 2.05) is 18.2 Å². The van der Waals surface area contributed by atoms with Crippen LogP contribution in [0.5, 0.6) is 11.5 Å². The minimum atomic E-state index is -0.386. The lowest BCUT2D eigenvalue weighted by Crippen LogP contribution is -2.32. The van der Waals surface area contributed by atoms with Crippen LogP contribution < -0.4 is 20.1 Å². The highest BCUT2D eigenvalue weighted by molar-refractivity contribution is 6.43. The van der Waals surface area contributed by atoms with Gasteiger partial charge in [-0.3, -0.25) is 0 Å². The van der Waals surface area contributed by atoms with Crippen molar-refractivity contribution in [1.29, 1.82) is 0 Å². The van der Waals surface area contributed by atoms with Gasteiger partial charge in [0.25, 0.3) is 0 Å². The molecular formula is C16H16Cl2N2O3. The van der Waals surface area contributed by atoms with Crippen molar-refractivity contribution in [3.8, 4) is 11.5 Å². The number of methoxy groups -OCH3 is 1. The van der Waals surface area contributed by atoms with Crippen LogP contribution in [0.25, 0.3) is 0 Å². The highest BCUT2D eigenvalue weighted by Crippen LogP contribution is 2.29. The van der Waals surface area contributed by atoms with Crippen molar-refractivity contribution in [2.24, 2.45) is 0 Å². The summed E-state index contributed by atoms with van der Waals surface area (Å²) in [6.45, 7) is 0.658. The summed E-state index contributed by atoms with van der Waals surface area (Å²) in [6, 6.07) is 11.9. The molecule has 7 heteroatoms. The quantitative estimate of drug-likeness (QED) is 0.764. The average Bonchev–Trinajstić information content (AvgIpc) is 2.56. The smallest absolute Gasteiger partial charge is 0.319 e. The zero-order valence-electron chi connectivity index (χ0n) is 12.4. The van der Waals surface area contributed by atoms with Crippen molar-refractivity contribution in [1.82, 2.24) is 5.32 Å². The Morgan fingerprint density at radius 2 is 1.87 bits per heavy atom. The molecule has 0 saturated heterocycles. The Labute approximate surface area is 144 Å². The molecule has 0 aliphatic rings. The van der Waals surface area contributed by atoms with Crippen LogP contribution in [0.3, 0.4) is 0 Å². The van der Waals surface area contributed by atoms with Crippen LogP contribution >= 0.6 is 23.2 Å². The zero-order valence-corrected chi connectivity index (χ0v) is 13.9. The van der Waals surface area contributed by atoms with Crippen LogP contribution in [0, 0.1) is 0 Å². The number of rotatable bonds is 6. The highest BCUT2D eigenvalue weighted by atomic mass is 35.5. The third kappa shape index (κ3) is 5.23. The van der Waals surface area contributed by atoms with E-state index in [-0.39, 0.29) is 6.03 Å². The Bertz CT molecular complexity index is 680. The molecule has 0 bridgehead atoms. The maximum atomic E-state index is 11.8. The molecule has 2 aromatic carbocycles. The van der Waals surface area contributed by atoms with E-state index in [9.17, 15) is 4.79 Å². The minimum absolute atomic E-state index is 0.303. The van der Waals surface area contributed by atoms with E-state index < -0.39 is 0 Å². The number of hydrogen-bond donors (Lipinski definition) is 2. The van der Waals surface area contributed by atoms with E-state index in [2.05, 4.69) is 10.6 Å². The molecule has 2 aromatic rings. The molecule has 2 rings (SSSR count). The molecule has 23 heavy (non-hydrogen) atoms.